The lowest BCUT2D eigenvalue weighted by molar-refractivity contribution is 0.158. The molecule has 0 aliphatic carbocycles. The highest BCUT2D eigenvalue weighted by Gasteiger charge is 2.28. The van der Waals surface area contributed by atoms with Crippen molar-refractivity contribution in [1.29, 1.82) is 0 Å². The third-order valence-corrected chi connectivity index (χ3v) is 5.89. The summed E-state index contributed by atoms with van der Waals surface area (Å²) in [7, 11) is -3.21. The van der Waals surface area contributed by atoms with E-state index in [-0.39, 0.29) is 12.1 Å². The summed E-state index contributed by atoms with van der Waals surface area (Å²) < 4.78 is 25.1. The van der Waals surface area contributed by atoms with Crippen LogP contribution in [0.2, 0.25) is 0 Å². The predicted octanol–water partition coefficient (Wildman–Crippen LogP) is 2.01. The van der Waals surface area contributed by atoms with E-state index in [0.717, 1.165) is 63.0 Å². The first-order valence-electron chi connectivity index (χ1n) is 9.66. The Kier molecular flexibility index (Phi) is 6.54. The number of pyridine rings is 1. The minimum Gasteiger partial charge on any atom is -0.355 e. The van der Waals surface area contributed by atoms with E-state index in [1.807, 2.05) is 17.0 Å². The van der Waals surface area contributed by atoms with Crippen molar-refractivity contribution in [2.45, 2.75) is 44.6 Å². The fraction of sp³-hybridized carbons (Fsp3) is 0.667. The van der Waals surface area contributed by atoms with E-state index in [0.29, 0.717) is 19.5 Å². The summed E-state index contributed by atoms with van der Waals surface area (Å²) >= 11 is 0. The van der Waals surface area contributed by atoms with Gasteiger partial charge in [-0.1, -0.05) is 0 Å². The monoisotopic (exact) mass is 395 g/mol. The number of nitrogens with zero attached hydrogens (tertiary/aromatic N) is 3. The topological polar surface area (TPSA) is 94.6 Å². The largest absolute Gasteiger partial charge is 0.355 e. The van der Waals surface area contributed by atoms with Gasteiger partial charge < -0.3 is 15.1 Å². The molecule has 3 rings (SSSR count). The quantitative estimate of drug-likeness (QED) is 0.768. The van der Waals surface area contributed by atoms with Gasteiger partial charge in [0.15, 0.2) is 5.82 Å². The Labute approximate surface area is 161 Å². The van der Waals surface area contributed by atoms with Crippen molar-refractivity contribution in [2.24, 2.45) is 0 Å². The van der Waals surface area contributed by atoms with E-state index >= 15 is 0 Å². The van der Waals surface area contributed by atoms with Gasteiger partial charge in [0, 0.05) is 38.4 Å². The average Bonchev–Trinajstić information content (AvgIpc) is 3.16. The summed E-state index contributed by atoms with van der Waals surface area (Å²) in [5.74, 6) is 0.829. The van der Waals surface area contributed by atoms with Gasteiger partial charge in [-0.05, 0) is 50.7 Å². The summed E-state index contributed by atoms with van der Waals surface area (Å²) in [4.78, 5) is 21.5. The molecule has 0 radical (unpaired) electrons. The second-order valence-electron chi connectivity index (χ2n) is 7.30. The molecule has 0 spiro atoms. The lowest BCUT2D eigenvalue weighted by Crippen LogP contribution is -2.47. The lowest BCUT2D eigenvalue weighted by Gasteiger charge is -2.36. The van der Waals surface area contributed by atoms with Crippen molar-refractivity contribution in [1.82, 2.24) is 14.6 Å². The highest BCUT2D eigenvalue weighted by Crippen LogP contribution is 2.27. The first-order chi connectivity index (χ1) is 12.9. The Morgan fingerprint density at radius 2 is 1.96 bits per heavy atom. The first-order valence-corrected chi connectivity index (χ1v) is 11.6. The van der Waals surface area contributed by atoms with Crippen molar-refractivity contribution in [3.8, 4) is 0 Å². The van der Waals surface area contributed by atoms with Crippen LogP contribution in [0.5, 0.6) is 0 Å². The summed E-state index contributed by atoms with van der Waals surface area (Å²) in [6.07, 6.45) is 8.73. The van der Waals surface area contributed by atoms with Gasteiger partial charge >= 0.3 is 6.03 Å². The molecule has 27 heavy (non-hydrogen) atoms. The van der Waals surface area contributed by atoms with Gasteiger partial charge in [-0.3, -0.25) is 0 Å². The number of carbonyl (C=O) groups is 1. The number of hydrogen-bond donors (Lipinski definition) is 2. The van der Waals surface area contributed by atoms with Gasteiger partial charge in [0.25, 0.3) is 0 Å². The van der Waals surface area contributed by atoms with E-state index in [1.54, 1.807) is 6.20 Å². The molecule has 3 heterocycles. The van der Waals surface area contributed by atoms with Crippen LogP contribution in [-0.4, -0.2) is 62.8 Å². The van der Waals surface area contributed by atoms with Crippen LogP contribution >= 0.6 is 0 Å². The first kappa shape index (κ1) is 19.9. The molecule has 1 unspecified atom stereocenters. The van der Waals surface area contributed by atoms with Crippen molar-refractivity contribution in [2.75, 3.05) is 42.7 Å². The molecule has 0 bridgehead atoms. The van der Waals surface area contributed by atoms with E-state index in [9.17, 15) is 13.2 Å². The molecular weight excluding hydrogens is 366 g/mol. The van der Waals surface area contributed by atoms with E-state index < -0.39 is 10.0 Å². The maximum atomic E-state index is 12.9. The fourth-order valence-corrected chi connectivity index (χ4v) is 4.33. The van der Waals surface area contributed by atoms with Crippen LogP contribution in [0.3, 0.4) is 0 Å². The highest BCUT2D eigenvalue weighted by molar-refractivity contribution is 7.88. The molecule has 2 fully saturated rings. The van der Waals surface area contributed by atoms with E-state index in [1.165, 1.54) is 0 Å². The zero-order valence-corrected chi connectivity index (χ0v) is 16.7. The molecule has 9 heteroatoms. The molecule has 2 N–H and O–H groups in total. The van der Waals surface area contributed by atoms with Crippen molar-refractivity contribution in [3.63, 3.8) is 0 Å². The second kappa shape index (κ2) is 8.88. The van der Waals surface area contributed by atoms with Gasteiger partial charge in [-0.2, -0.15) is 0 Å². The Hall–Kier alpha value is -1.87. The Balaban J connectivity index is 1.65. The second-order valence-corrected chi connectivity index (χ2v) is 9.13. The van der Waals surface area contributed by atoms with Crippen LogP contribution in [0.15, 0.2) is 18.3 Å². The molecule has 1 aromatic rings. The lowest BCUT2D eigenvalue weighted by atomic mass is 10.00. The molecule has 1 aromatic heterocycles. The summed E-state index contributed by atoms with van der Waals surface area (Å²) in [5, 5.41) is 3.04. The predicted molar refractivity (Wildman–Crippen MR) is 107 cm³/mol. The third kappa shape index (κ3) is 5.55. The minimum atomic E-state index is -3.21. The smallest absolute Gasteiger partial charge is 0.322 e. The van der Waals surface area contributed by atoms with Crippen LogP contribution in [-0.2, 0) is 10.0 Å². The number of hydrogen-bond acceptors (Lipinski definition) is 5. The SMILES string of the molecule is CS(=O)(=O)NCCC1CCCCN1C(=O)Nc1cccnc1N1CCCC1. The Morgan fingerprint density at radius 1 is 1.22 bits per heavy atom. The Morgan fingerprint density at radius 3 is 2.70 bits per heavy atom. The van der Waals surface area contributed by atoms with Crippen LogP contribution in [0.25, 0.3) is 0 Å². The van der Waals surface area contributed by atoms with Crippen LogP contribution in [0.4, 0.5) is 16.3 Å². The number of sulfonamides is 1. The normalized spacial score (nSPS) is 20.7. The number of rotatable bonds is 6. The molecule has 8 nitrogen and oxygen atoms in total. The maximum Gasteiger partial charge on any atom is 0.322 e. The number of piperidine rings is 1. The van der Waals surface area contributed by atoms with E-state index in [2.05, 4.69) is 19.9 Å². The maximum absolute atomic E-state index is 12.9. The van der Waals surface area contributed by atoms with Gasteiger partial charge in [0.05, 0.1) is 11.9 Å². The average molecular weight is 396 g/mol. The number of carbonyl (C=O) groups excluding carboxylic acids is 1. The standard InChI is InChI=1S/C18H29N5O3S/c1-27(25,26)20-11-9-15-7-2-3-14-23(15)18(24)21-16-8-6-10-19-17(16)22-12-4-5-13-22/h6,8,10,15,20H,2-5,7,9,11-14H2,1H3,(H,21,24). The number of amides is 2. The molecule has 2 saturated heterocycles. The number of anilines is 2. The van der Waals surface area contributed by atoms with Crippen molar-refractivity contribution >= 4 is 27.6 Å². The van der Waals surface area contributed by atoms with Gasteiger partial charge in [-0.15, -0.1) is 0 Å². The van der Waals surface area contributed by atoms with E-state index in [4.69, 9.17) is 0 Å². The van der Waals surface area contributed by atoms with Crippen LogP contribution < -0.4 is 14.9 Å². The van der Waals surface area contributed by atoms with Crippen LogP contribution in [0.1, 0.15) is 38.5 Å². The number of likely N-dealkylation sites (tertiary alicyclic amines) is 1. The molecular formula is C18H29N5O3S. The molecule has 0 saturated carbocycles. The molecule has 2 aliphatic heterocycles. The summed E-state index contributed by atoms with van der Waals surface area (Å²) in [5.41, 5.74) is 0.739. The van der Waals surface area contributed by atoms with Gasteiger partial charge in [0.2, 0.25) is 10.0 Å². The van der Waals surface area contributed by atoms with Crippen LogP contribution in [0, 0.1) is 0 Å². The number of urea groups is 1. The third-order valence-electron chi connectivity index (χ3n) is 5.16. The number of nitrogens with one attached hydrogen (secondary N) is 2. The number of aromatic nitrogens is 1. The minimum absolute atomic E-state index is 0.0416. The Bertz CT molecular complexity index is 749. The summed E-state index contributed by atoms with van der Waals surface area (Å²) in [6.45, 7) is 2.96. The molecule has 2 aliphatic rings. The van der Waals surface area contributed by atoms with Gasteiger partial charge in [0.1, 0.15) is 0 Å². The molecule has 0 aromatic carbocycles. The highest BCUT2D eigenvalue weighted by atomic mass is 32.2. The fourth-order valence-electron chi connectivity index (χ4n) is 3.84. The van der Waals surface area contributed by atoms with Crippen molar-refractivity contribution in [3.05, 3.63) is 18.3 Å². The zero-order chi connectivity index (χ0) is 19.3. The zero-order valence-electron chi connectivity index (χ0n) is 15.9. The summed E-state index contributed by atoms with van der Waals surface area (Å²) in [6, 6.07) is 3.63. The van der Waals surface area contributed by atoms with Crippen molar-refractivity contribution < 1.29 is 13.2 Å². The molecule has 150 valence electrons. The van der Waals surface area contributed by atoms with Gasteiger partial charge in [-0.25, -0.2) is 22.9 Å². The molecule has 2 amide bonds. The molecule has 1 atom stereocenters.